The molecule has 0 saturated carbocycles. The van der Waals surface area contributed by atoms with Crippen molar-refractivity contribution in [3.05, 3.63) is 59.7 Å². The van der Waals surface area contributed by atoms with E-state index in [9.17, 15) is 9.59 Å². The van der Waals surface area contributed by atoms with E-state index in [4.69, 9.17) is 14.9 Å². The second kappa shape index (κ2) is 11.3. The van der Waals surface area contributed by atoms with Crippen molar-refractivity contribution in [1.82, 2.24) is 10.6 Å². The number of nitrogens with zero attached hydrogens (tertiary/aromatic N) is 1. The van der Waals surface area contributed by atoms with E-state index in [0.717, 1.165) is 24.3 Å². The van der Waals surface area contributed by atoms with Crippen LogP contribution in [0.25, 0.3) is 0 Å². The van der Waals surface area contributed by atoms with E-state index in [-0.39, 0.29) is 17.7 Å². The molecule has 1 heterocycles. The van der Waals surface area contributed by atoms with Gasteiger partial charge < -0.3 is 19.7 Å². The fraction of sp³-hybridized carbons (Fsp3) is 0.444. The maximum Gasteiger partial charge on any atom is 0.413 e. The molecule has 2 aromatic carbocycles. The Bertz CT molecular complexity index is 1040. The number of hydrogen-bond acceptors (Lipinski definition) is 6. The van der Waals surface area contributed by atoms with E-state index in [0.29, 0.717) is 24.3 Å². The highest BCUT2D eigenvalue weighted by Gasteiger charge is 2.38. The molecular weight excluding hydrogens is 444 g/mol. The predicted octanol–water partition coefficient (Wildman–Crippen LogP) is 4.70. The van der Waals surface area contributed by atoms with E-state index in [1.54, 1.807) is 20.8 Å². The number of nitrogens with one attached hydrogen (secondary N) is 3. The van der Waals surface area contributed by atoms with Crippen LogP contribution in [-0.4, -0.2) is 49.2 Å². The Balaban J connectivity index is 1.62. The number of carbonyl (C=O) groups excluding carboxylic acids is 2. The summed E-state index contributed by atoms with van der Waals surface area (Å²) in [6, 6.07) is 15.2. The van der Waals surface area contributed by atoms with Crippen LogP contribution in [0.4, 0.5) is 10.5 Å². The van der Waals surface area contributed by atoms with Crippen LogP contribution in [0.5, 0.6) is 5.75 Å². The third-order valence-electron chi connectivity index (χ3n) is 5.86. The minimum absolute atomic E-state index is 0.0706. The number of benzene rings is 2. The summed E-state index contributed by atoms with van der Waals surface area (Å²) >= 11 is 0. The molecule has 2 unspecified atom stereocenters. The molecule has 1 aliphatic heterocycles. The van der Waals surface area contributed by atoms with Gasteiger partial charge >= 0.3 is 6.09 Å². The zero-order valence-electron chi connectivity index (χ0n) is 21.2. The maximum atomic E-state index is 12.7. The molecule has 8 nitrogen and oxygen atoms in total. The summed E-state index contributed by atoms with van der Waals surface area (Å²) in [7, 11) is 0. The van der Waals surface area contributed by atoms with Crippen LogP contribution in [0.1, 0.15) is 62.9 Å². The summed E-state index contributed by atoms with van der Waals surface area (Å²) in [5.41, 5.74) is 1.97. The highest BCUT2D eigenvalue weighted by atomic mass is 16.6. The van der Waals surface area contributed by atoms with Gasteiger partial charge in [0.1, 0.15) is 17.2 Å². The molecule has 1 aliphatic rings. The lowest BCUT2D eigenvalue weighted by Gasteiger charge is -2.23. The zero-order valence-corrected chi connectivity index (χ0v) is 21.2. The lowest BCUT2D eigenvalue weighted by atomic mass is 9.91. The first-order valence-corrected chi connectivity index (χ1v) is 12.1. The molecule has 0 radical (unpaired) electrons. The van der Waals surface area contributed by atoms with Gasteiger partial charge in [-0.15, -0.1) is 0 Å². The number of amides is 2. The Hall–Kier alpha value is -3.55. The molecule has 0 saturated heterocycles. The molecule has 35 heavy (non-hydrogen) atoms. The lowest BCUT2D eigenvalue weighted by molar-refractivity contribution is 0.0556. The van der Waals surface area contributed by atoms with Gasteiger partial charge in [0.2, 0.25) is 0 Å². The minimum Gasteiger partial charge on any atom is -0.482 e. The van der Waals surface area contributed by atoms with Crippen LogP contribution in [0, 0.1) is 5.41 Å². The van der Waals surface area contributed by atoms with E-state index in [1.165, 1.54) is 0 Å². The predicted molar refractivity (Wildman–Crippen MR) is 138 cm³/mol. The number of ether oxygens (including phenoxy) is 2. The fourth-order valence-electron chi connectivity index (χ4n) is 4.18. The van der Waals surface area contributed by atoms with Crippen LogP contribution in [0.2, 0.25) is 0 Å². The van der Waals surface area contributed by atoms with Crippen molar-refractivity contribution < 1.29 is 19.1 Å². The van der Waals surface area contributed by atoms with Crippen LogP contribution in [-0.2, 0) is 4.74 Å². The van der Waals surface area contributed by atoms with Crippen LogP contribution in [0.15, 0.2) is 48.5 Å². The van der Waals surface area contributed by atoms with E-state index >= 15 is 0 Å². The Morgan fingerprint density at radius 3 is 2.34 bits per heavy atom. The number of amidine groups is 1. The normalized spacial score (nSPS) is 16.6. The summed E-state index contributed by atoms with van der Waals surface area (Å²) < 4.78 is 11.3. The molecule has 0 aliphatic carbocycles. The Labute approximate surface area is 207 Å². The third kappa shape index (κ3) is 6.74. The fourth-order valence-corrected chi connectivity index (χ4v) is 4.18. The number of hydrogen-bond donors (Lipinski definition) is 3. The van der Waals surface area contributed by atoms with E-state index in [1.807, 2.05) is 48.5 Å². The first-order valence-electron chi connectivity index (χ1n) is 12.1. The largest absolute Gasteiger partial charge is 0.482 e. The average molecular weight is 481 g/mol. The maximum absolute atomic E-state index is 12.7. The Morgan fingerprint density at radius 2 is 1.71 bits per heavy atom. The average Bonchev–Trinajstić information content (AvgIpc) is 3.18. The van der Waals surface area contributed by atoms with Gasteiger partial charge in [-0.1, -0.05) is 18.2 Å². The smallest absolute Gasteiger partial charge is 0.413 e. The molecule has 0 aromatic heterocycles. The van der Waals surface area contributed by atoms with Crippen LogP contribution in [0.3, 0.4) is 0 Å². The van der Waals surface area contributed by atoms with Gasteiger partial charge in [-0.3, -0.25) is 15.5 Å². The van der Waals surface area contributed by atoms with Gasteiger partial charge in [0.05, 0.1) is 0 Å². The molecule has 8 heteroatoms. The molecule has 3 N–H and O–H groups in total. The van der Waals surface area contributed by atoms with E-state index in [2.05, 4.69) is 29.4 Å². The molecule has 2 amide bonds. The Morgan fingerprint density at radius 1 is 1.06 bits per heavy atom. The number of fused-ring (bicyclic) bond motifs is 1. The number of carbonyl (C=O) groups is 2. The summed E-state index contributed by atoms with van der Waals surface area (Å²) in [6.45, 7) is 11.7. The molecule has 3 rings (SSSR count). The van der Waals surface area contributed by atoms with E-state index < -0.39 is 17.8 Å². The minimum atomic E-state index is -0.692. The number of rotatable bonds is 8. The third-order valence-corrected chi connectivity index (χ3v) is 5.86. The second-order valence-corrected chi connectivity index (χ2v) is 9.49. The van der Waals surface area contributed by atoms with Crippen molar-refractivity contribution in [3.8, 4) is 5.75 Å². The van der Waals surface area contributed by atoms with Crippen LogP contribution >= 0.6 is 0 Å². The van der Waals surface area contributed by atoms with Gasteiger partial charge in [0.25, 0.3) is 5.91 Å². The quantitative estimate of drug-likeness (QED) is 0.375. The van der Waals surface area contributed by atoms with Gasteiger partial charge in [-0.25, -0.2) is 4.79 Å². The lowest BCUT2D eigenvalue weighted by Crippen LogP contribution is -2.44. The molecule has 188 valence electrons. The van der Waals surface area contributed by atoms with Gasteiger partial charge in [-0.2, -0.15) is 0 Å². The highest BCUT2D eigenvalue weighted by molar-refractivity contribution is 5.97. The van der Waals surface area contributed by atoms with Crippen molar-refractivity contribution in [2.75, 3.05) is 24.5 Å². The summed E-state index contributed by atoms with van der Waals surface area (Å²) in [5.74, 6) is 0.260. The number of alkyl carbamates (subject to hydrolysis) is 1. The highest BCUT2D eigenvalue weighted by Crippen LogP contribution is 2.40. The summed E-state index contributed by atoms with van der Waals surface area (Å²) in [5, 5.41) is 13.9. The van der Waals surface area contributed by atoms with Crippen molar-refractivity contribution in [2.45, 2.75) is 58.7 Å². The molecule has 2 atom stereocenters. The standard InChI is InChI=1S/C27H36N4O4/c1-6-31(7-2)19-14-12-18(13-15-19)25(32)29-17-16-21-20-10-8-9-11-22(20)34-23(21)24(28)30-26(33)35-27(3,4)5/h8-15,21,23H,6-7,16-17H2,1-5H3,(H,29,32)(H2,28,30,33). The molecule has 2 aromatic rings. The number of para-hydroxylation sites is 1. The molecule has 0 bridgehead atoms. The van der Waals surface area contributed by atoms with Gasteiger partial charge in [0, 0.05) is 42.4 Å². The van der Waals surface area contributed by atoms with Crippen molar-refractivity contribution in [3.63, 3.8) is 0 Å². The van der Waals surface area contributed by atoms with Crippen LogP contribution < -0.4 is 20.3 Å². The van der Waals surface area contributed by atoms with Crippen molar-refractivity contribution in [1.29, 1.82) is 5.41 Å². The first-order chi connectivity index (χ1) is 16.6. The first kappa shape index (κ1) is 26.1. The Kier molecular flexibility index (Phi) is 8.38. The topological polar surface area (TPSA) is 104 Å². The molecule has 0 spiro atoms. The SMILES string of the molecule is CCN(CC)c1ccc(C(=O)NCCC2c3ccccc3OC2C(=N)NC(=O)OC(C)(C)C)cc1. The number of anilines is 1. The van der Waals surface area contributed by atoms with Crippen molar-refractivity contribution >= 4 is 23.5 Å². The van der Waals surface area contributed by atoms with Gasteiger partial charge in [0.15, 0.2) is 6.10 Å². The monoisotopic (exact) mass is 480 g/mol. The molecule has 0 fully saturated rings. The zero-order chi connectivity index (χ0) is 25.6. The second-order valence-electron chi connectivity index (χ2n) is 9.49. The summed E-state index contributed by atoms with van der Waals surface area (Å²) in [4.78, 5) is 27.1. The van der Waals surface area contributed by atoms with Crippen molar-refractivity contribution in [2.24, 2.45) is 0 Å². The summed E-state index contributed by atoms with van der Waals surface area (Å²) in [6.07, 6.45) is -0.823. The molecular formula is C27H36N4O4. The van der Waals surface area contributed by atoms with Gasteiger partial charge in [-0.05, 0) is 71.4 Å².